The molecular formula is C8H7ClS. The summed E-state index contributed by atoms with van der Waals surface area (Å²) in [4.78, 5) is 1.44. The molecule has 0 amide bonds. The smallest absolute Gasteiger partial charge is 0.0937 e. The Balaban J connectivity index is 2.53. The molecule has 0 aromatic carbocycles. The molecule has 0 aliphatic heterocycles. The highest BCUT2D eigenvalue weighted by Crippen LogP contribution is 2.31. The van der Waals surface area contributed by atoms with Gasteiger partial charge in [-0.3, -0.25) is 0 Å². The molecule has 0 spiro atoms. The summed E-state index contributed by atoms with van der Waals surface area (Å²) < 4.78 is 0.913. The first-order valence-electron chi connectivity index (χ1n) is 3.31. The van der Waals surface area contributed by atoms with Crippen LogP contribution in [0.15, 0.2) is 12.1 Å². The third kappa shape index (κ3) is 0.998. The Morgan fingerprint density at radius 3 is 3.20 bits per heavy atom. The number of thiophene rings is 1. The number of allylic oxidation sites excluding steroid dienone is 1. The molecule has 0 nitrogen and oxygen atoms in total. The Morgan fingerprint density at radius 2 is 2.40 bits per heavy atom. The van der Waals surface area contributed by atoms with E-state index in [1.165, 1.54) is 23.3 Å². The van der Waals surface area contributed by atoms with E-state index in [1.807, 2.05) is 6.07 Å². The molecule has 52 valence electrons. The van der Waals surface area contributed by atoms with Crippen molar-refractivity contribution in [2.45, 2.75) is 12.8 Å². The summed E-state index contributed by atoms with van der Waals surface area (Å²) in [5.41, 5.74) is 1.32. The summed E-state index contributed by atoms with van der Waals surface area (Å²) in [5, 5.41) is 0. The van der Waals surface area contributed by atoms with Crippen LogP contribution in [0, 0.1) is 0 Å². The van der Waals surface area contributed by atoms with E-state index in [4.69, 9.17) is 11.6 Å². The Morgan fingerprint density at radius 1 is 1.50 bits per heavy atom. The van der Waals surface area contributed by atoms with Crippen molar-refractivity contribution in [1.82, 2.24) is 0 Å². The molecule has 0 fully saturated rings. The molecule has 0 atom stereocenters. The zero-order chi connectivity index (χ0) is 6.97. The molecular weight excluding hydrogens is 164 g/mol. The third-order valence-electron chi connectivity index (χ3n) is 1.65. The van der Waals surface area contributed by atoms with Gasteiger partial charge in [0.05, 0.1) is 4.34 Å². The van der Waals surface area contributed by atoms with Crippen LogP contribution in [0.5, 0.6) is 0 Å². The lowest BCUT2D eigenvalue weighted by atomic mass is 10.1. The molecule has 1 aliphatic rings. The van der Waals surface area contributed by atoms with Crippen molar-refractivity contribution in [1.29, 1.82) is 0 Å². The number of hydrogen-bond acceptors (Lipinski definition) is 1. The molecule has 1 aromatic rings. The highest BCUT2D eigenvalue weighted by Gasteiger charge is 2.07. The standard InChI is InChI=1S/C8H7ClS/c9-8-5-6-3-1-2-4-7(6)10-8/h1,3,5H,2,4H2. The van der Waals surface area contributed by atoms with Crippen molar-refractivity contribution in [3.05, 3.63) is 26.9 Å². The first kappa shape index (κ1) is 6.44. The largest absolute Gasteiger partial charge is 0.128 e. The minimum absolute atomic E-state index is 0.913. The van der Waals surface area contributed by atoms with E-state index < -0.39 is 0 Å². The highest BCUT2D eigenvalue weighted by atomic mass is 35.5. The van der Waals surface area contributed by atoms with Crippen molar-refractivity contribution in [3.8, 4) is 0 Å². The lowest BCUT2D eigenvalue weighted by Gasteiger charge is -2.01. The Bertz CT molecular complexity index is 273. The number of aryl methyl sites for hydroxylation is 1. The van der Waals surface area contributed by atoms with Gasteiger partial charge in [0, 0.05) is 4.88 Å². The molecule has 0 radical (unpaired) electrons. The highest BCUT2D eigenvalue weighted by molar-refractivity contribution is 7.16. The average Bonchev–Trinajstić information content (AvgIpc) is 2.27. The van der Waals surface area contributed by atoms with Gasteiger partial charge in [-0.25, -0.2) is 0 Å². The second-order valence-corrected chi connectivity index (χ2v) is 4.14. The summed E-state index contributed by atoms with van der Waals surface area (Å²) in [6.07, 6.45) is 6.69. The van der Waals surface area contributed by atoms with Gasteiger partial charge in [0.1, 0.15) is 0 Å². The maximum Gasteiger partial charge on any atom is 0.0937 e. The molecule has 1 heterocycles. The van der Waals surface area contributed by atoms with Crippen LogP contribution in [0.25, 0.3) is 6.08 Å². The minimum atomic E-state index is 0.913. The van der Waals surface area contributed by atoms with Gasteiger partial charge in [-0.15, -0.1) is 11.3 Å². The van der Waals surface area contributed by atoms with Crippen molar-refractivity contribution in [2.75, 3.05) is 0 Å². The average molecular weight is 171 g/mol. The van der Waals surface area contributed by atoms with Gasteiger partial charge in [-0.05, 0) is 24.5 Å². The molecule has 0 saturated carbocycles. The van der Waals surface area contributed by atoms with E-state index in [2.05, 4.69) is 12.2 Å². The zero-order valence-corrected chi connectivity index (χ0v) is 7.00. The Kier molecular flexibility index (Phi) is 1.55. The maximum atomic E-state index is 5.84. The van der Waals surface area contributed by atoms with Gasteiger partial charge in [0.25, 0.3) is 0 Å². The predicted octanol–water partition coefficient (Wildman–Crippen LogP) is 3.36. The monoisotopic (exact) mass is 170 g/mol. The first-order valence-corrected chi connectivity index (χ1v) is 4.50. The van der Waals surface area contributed by atoms with E-state index in [-0.39, 0.29) is 0 Å². The lowest BCUT2D eigenvalue weighted by molar-refractivity contribution is 1.01. The first-order chi connectivity index (χ1) is 4.86. The molecule has 1 aliphatic carbocycles. The van der Waals surface area contributed by atoms with Crippen molar-refractivity contribution >= 4 is 29.0 Å². The van der Waals surface area contributed by atoms with E-state index in [0.717, 1.165) is 4.34 Å². The summed E-state index contributed by atoms with van der Waals surface area (Å²) in [7, 11) is 0. The maximum absolute atomic E-state index is 5.84. The van der Waals surface area contributed by atoms with Crippen LogP contribution in [-0.2, 0) is 6.42 Å². The fraction of sp³-hybridized carbons (Fsp3) is 0.250. The molecule has 2 heteroatoms. The van der Waals surface area contributed by atoms with Crippen LogP contribution < -0.4 is 0 Å². The van der Waals surface area contributed by atoms with Gasteiger partial charge >= 0.3 is 0 Å². The van der Waals surface area contributed by atoms with Crippen LogP contribution in [0.3, 0.4) is 0 Å². The summed E-state index contributed by atoms with van der Waals surface area (Å²) in [5.74, 6) is 0. The molecule has 1 aromatic heterocycles. The summed E-state index contributed by atoms with van der Waals surface area (Å²) >= 11 is 7.54. The van der Waals surface area contributed by atoms with Gasteiger partial charge in [0.15, 0.2) is 0 Å². The molecule has 0 saturated heterocycles. The van der Waals surface area contributed by atoms with E-state index >= 15 is 0 Å². The topological polar surface area (TPSA) is 0 Å². The van der Waals surface area contributed by atoms with E-state index in [0.29, 0.717) is 0 Å². The third-order valence-corrected chi connectivity index (χ3v) is 2.99. The van der Waals surface area contributed by atoms with Crippen molar-refractivity contribution in [3.63, 3.8) is 0 Å². The Labute approximate surface area is 69.1 Å². The van der Waals surface area contributed by atoms with Gasteiger partial charge < -0.3 is 0 Å². The minimum Gasteiger partial charge on any atom is -0.128 e. The molecule has 0 bridgehead atoms. The predicted molar refractivity (Wildman–Crippen MR) is 46.7 cm³/mol. The second-order valence-electron chi connectivity index (χ2n) is 2.37. The molecule has 0 unspecified atom stereocenters. The number of halogens is 1. The zero-order valence-electron chi connectivity index (χ0n) is 5.43. The van der Waals surface area contributed by atoms with Crippen LogP contribution in [0.2, 0.25) is 4.34 Å². The fourth-order valence-electron chi connectivity index (χ4n) is 1.17. The van der Waals surface area contributed by atoms with Crippen LogP contribution in [0.1, 0.15) is 16.9 Å². The van der Waals surface area contributed by atoms with Gasteiger partial charge in [-0.2, -0.15) is 0 Å². The normalized spacial score (nSPS) is 15.3. The summed E-state index contributed by atoms with van der Waals surface area (Å²) in [6, 6.07) is 2.04. The molecule has 10 heavy (non-hydrogen) atoms. The van der Waals surface area contributed by atoms with Gasteiger partial charge in [0.2, 0.25) is 0 Å². The number of hydrogen-bond donors (Lipinski definition) is 0. The second kappa shape index (κ2) is 2.40. The number of fused-ring (bicyclic) bond motifs is 1. The van der Waals surface area contributed by atoms with Gasteiger partial charge in [-0.1, -0.05) is 23.8 Å². The SMILES string of the molecule is Clc1cc2c(s1)CCC=C2. The van der Waals surface area contributed by atoms with Crippen molar-refractivity contribution < 1.29 is 0 Å². The van der Waals surface area contributed by atoms with Crippen molar-refractivity contribution in [2.24, 2.45) is 0 Å². The van der Waals surface area contributed by atoms with E-state index in [9.17, 15) is 0 Å². The van der Waals surface area contributed by atoms with Crippen LogP contribution >= 0.6 is 22.9 Å². The molecule has 2 rings (SSSR count). The molecule has 0 N–H and O–H groups in total. The van der Waals surface area contributed by atoms with E-state index in [1.54, 1.807) is 11.3 Å². The quantitative estimate of drug-likeness (QED) is 0.560. The number of rotatable bonds is 0. The van der Waals surface area contributed by atoms with Crippen LogP contribution in [0.4, 0.5) is 0 Å². The van der Waals surface area contributed by atoms with Crippen LogP contribution in [-0.4, -0.2) is 0 Å². The fourth-order valence-corrected chi connectivity index (χ4v) is 2.45. The summed E-state index contributed by atoms with van der Waals surface area (Å²) in [6.45, 7) is 0. The Hall–Kier alpha value is -0.270. The lowest BCUT2D eigenvalue weighted by Crippen LogP contribution is -1.85.